The predicted octanol–water partition coefficient (Wildman–Crippen LogP) is 0.828. The van der Waals surface area contributed by atoms with Crippen LogP contribution in [0.1, 0.15) is 34.8 Å². The molecular weight excluding hydrogens is 214 g/mol. The normalized spacial score (nSPS) is 17.9. The largest absolute Gasteiger partial charge is 0.505 e. The van der Waals surface area contributed by atoms with Gasteiger partial charge >= 0.3 is 11.9 Å². The summed E-state index contributed by atoms with van der Waals surface area (Å²) in [6, 6.07) is 0. The first-order chi connectivity index (χ1) is 7.50. The number of cyclic esters (lactones) is 1. The van der Waals surface area contributed by atoms with Crippen LogP contribution >= 0.6 is 0 Å². The van der Waals surface area contributed by atoms with Gasteiger partial charge < -0.3 is 14.6 Å². The van der Waals surface area contributed by atoms with Crippen molar-refractivity contribution >= 4 is 11.9 Å². The zero-order chi connectivity index (χ0) is 11.9. The highest BCUT2D eigenvalue weighted by atomic mass is 16.7. The number of fused-ring (bicyclic) bond motifs is 1. The number of esters is 2. The number of ether oxygens (including phenoxy) is 2. The Kier molecular flexibility index (Phi) is 2.26. The minimum atomic E-state index is -1.18. The van der Waals surface area contributed by atoms with Gasteiger partial charge in [0.1, 0.15) is 5.75 Å². The van der Waals surface area contributed by atoms with Crippen molar-refractivity contribution in [2.75, 3.05) is 0 Å². The van der Waals surface area contributed by atoms with Crippen molar-refractivity contribution in [1.29, 1.82) is 0 Å². The second-order valence-corrected chi connectivity index (χ2v) is 3.37. The molecule has 1 aromatic rings. The molecule has 2 rings (SSSR count). The predicted molar refractivity (Wildman–Crippen MR) is 50.6 cm³/mol. The summed E-state index contributed by atoms with van der Waals surface area (Å²) in [5.74, 6) is -1.45. The topological polar surface area (TPSA) is 85.7 Å². The van der Waals surface area contributed by atoms with Crippen LogP contribution < -0.4 is 0 Å². The fourth-order valence-corrected chi connectivity index (χ4v) is 1.47. The van der Waals surface area contributed by atoms with E-state index < -0.39 is 18.2 Å². The minimum Gasteiger partial charge on any atom is -0.505 e. The Hall–Kier alpha value is -2.11. The fourth-order valence-electron chi connectivity index (χ4n) is 1.47. The molecule has 1 aromatic heterocycles. The van der Waals surface area contributed by atoms with E-state index in [4.69, 9.17) is 9.47 Å². The number of hydrogen-bond donors (Lipinski definition) is 1. The fraction of sp³-hybridized carbons (Fsp3) is 0.300. The molecule has 0 saturated carbocycles. The molecule has 1 unspecified atom stereocenters. The van der Waals surface area contributed by atoms with Gasteiger partial charge in [0, 0.05) is 13.1 Å². The molecule has 0 aliphatic carbocycles. The number of hydrogen-bond acceptors (Lipinski definition) is 6. The SMILES string of the molecule is CC(=O)OC1OC(=O)c2cnc(C)c(O)c21. The van der Waals surface area contributed by atoms with Crippen LogP contribution in [0.5, 0.6) is 5.75 Å². The second-order valence-electron chi connectivity index (χ2n) is 3.37. The van der Waals surface area contributed by atoms with Gasteiger partial charge in [-0.1, -0.05) is 0 Å². The molecule has 0 bridgehead atoms. The number of carbonyl (C=O) groups is 2. The zero-order valence-corrected chi connectivity index (χ0v) is 8.68. The van der Waals surface area contributed by atoms with Crippen molar-refractivity contribution in [2.45, 2.75) is 20.1 Å². The molecule has 6 heteroatoms. The molecule has 0 aromatic carbocycles. The average molecular weight is 223 g/mol. The monoisotopic (exact) mass is 223 g/mol. The molecule has 0 saturated heterocycles. The van der Waals surface area contributed by atoms with Gasteiger partial charge in [-0.05, 0) is 6.92 Å². The van der Waals surface area contributed by atoms with Gasteiger partial charge in [0.15, 0.2) is 0 Å². The van der Waals surface area contributed by atoms with Crippen LogP contribution in [0, 0.1) is 6.92 Å². The number of carbonyl (C=O) groups excluding carboxylic acids is 2. The van der Waals surface area contributed by atoms with Gasteiger partial charge in [-0.3, -0.25) is 9.78 Å². The Labute approximate surface area is 90.8 Å². The Morgan fingerprint density at radius 1 is 1.62 bits per heavy atom. The van der Waals surface area contributed by atoms with Crippen LogP contribution in [0.15, 0.2) is 6.20 Å². The number of pyridine rings is 1. The molecule has 1 aliphatic heterocycles. The number of aryl methyl sites for hydroxylation is 1. The minimum absolute atomic E-state index is 0.120. The van der Waals surface area contributed by atoms with Crippen molar-refractivity contribution in [2.24, 2.45) is 0 Å². The third-order valence-corrected chi connectivity index (χ3v) is 2.22. The molecule has 6 nitrogen and oxygen atoms in total. The Balaban J connectivity index is 2.50. The van der Waals surface area contributed by atoms with E-state index in [0.29, 0.717) is 5.69 Å². The van der Waals surface area contributed by atoms with Crippen LogP contribution in [-0.2, 0) is 14.3 Å². The first kappa shape index (κ1) is 10.4. The summed E-state index contributed by atoms with van der Waals surface area (Å²) in [6.45, 7) is 2.76. The highest BCUT2D eigenvalue weighted by molar-refractivity contribution is 5.94. The first-order valence-corrected chi connectivity index (χ1v) is 4.57. The van der Waals surface area contributed by atoms with Crippen molar-refractivity contribution in [1.82, 2.24) is 4.98 Å². The molecule has 0 spiro atoms. The lowest BCUT2D eigenvalue weighted by Gasteiger charge is -2.11. The standard InChI is InChI=1S/C10H9NO5/c1-4-8(13)7-6(3-11-4)9(14)16-10(7)15-5(2)12/h3,10,13H,1-2H3. The molecule has 16 heavy (non-hydrogen) atoms. The summed E-state index contributed by atoms with van der Waals surface area (Å²) in [5, 5.41) is 9.73. The van der Waals surface area contributed by atoms with Crippen molar-refractivity contribution in [3.05, 3.63) is 23.0 Å². The van der Waals surface area contributed by atoms with Crippen LogP contribution in [0.4, 0.5) is 0 Å². The van der Waals surface area contributed by atoms with Crippen molar-refractivity contribution < 1.29 is 24.2 Å². The molecular formula is C10H9NO5. The highest BCUT2D eigenvalue weighted by Gasteiger charge is 2.37. The van der Waals surface area contributed by atoms with E-state index in [-0.39, 0.29) is 16.9 Å². The molecule has 0 amide bonds. The van der Waals surface area contributed by atoms with Gasteiger partial charge in [0.05, 0.1) is 16.8 Å². The van der Waals surface area contributed by atoms with E-state index in [0.717, 1.165) is 0 Å². The first-order valence-electron chi connectivity index (χ1n) is 4.57. The third-order valence-electron chi connectivity index (χ3n) is 2.22. The lowest BCUT2D eigenvalue weighted by molar-refractivity contribution is -0.165. The molecule has 0 fully saturated rings. The molecule has 1 aliphatic rings. The highest BCUT2D eigenvalue weighted by Crippen LogP contribution is 2.38. The molecule has 0 radical (unpaired) electrons. The van der Waals surface area contributed by atoms with E-state index in [9.17, 15) is 14.7 Å². The summed E-state index contributed by atoms with van der Waals surface area (Å²) >= 11 is 0. The van der Waals surface area contributed by atoms with Gasteiger partial charge in [-0.2, -0.15) is 0 Å². The quantitative estimate of drug-likeness (QED) is 0.709. The van der Waals surface area contributed by atoms with Crippen LogP contribution in [-0.4, -0.2) is 22.0 Å². The van der Waals surface area contributed by atoms with Gasteiger partial charge in [0.25, 0.3) is 6.29 Å². The maximum Gasteiger partial charge on any atom is 0.343 e. The summed E-state index contributed by atoms with van der Waals surface area (Å²) in [6.07, 6.45) is 0.109. The van der Waals surface area contributed by atoms with Crippen LogP contribution in [0.2, 0.25) is 0 Å². The van der Waals surface area contributed by atoms with E-state index >= 15 is 0 Å². The Morgan fingerprint density at radius 2 is 2.31 bits per heavy atom. The lowest BCUT2D eigenvalue weighted by atomic mass is 10.1. The zero-order valence-electron chi connectivity index (χ0n) is 8.68. The molecule has 1 atom stereocenters. The number of aromatic nitrogens is 1. The lowest BCUT2D eigenvalue weighted by Crippen LogP contribution is -2.08. The van der Waals surface area contributed by atoms with E-state index in [1.54, 1.807) is 6.92 Å². The molecule has 2 heterocycles. The summed E-state index contributed by atoms with van der Waals surface area (Å²) in [4.78, 5) is 26.0. The third kappa shape index (κ3) is 1.48. The maximum absolute atomic E-state index is 11.4. The molecule has 84 valence electrons. The summed E-state index contributed by atoms with van der Waals surface area (Å²) < 4.78 is 9.57. The van der Waals surface area contributed by atoms with E-state index in [1.165, 1.54) is 13.1 Å². The summed E-state index contributed by atoms with van der Waals surface area (Å²) in [5.41, 5.74) is 0.622. The number of aromatic hydroxyl groups is 1. The van der Waals surface area contributed by atoms with Crippen molar-refractivity contribution in [3.8, 4) is 5.75 Å². The van der Waals surface area contributed by atoms with E-state index in [1.807, 2.05) is 0 Å². The van der Waals surface area contributed by atoms with Crippen molar-refractivity contribution in [3.63, 3.8) is 0 Å². The van der Waals surface area contributed by atoms with Gasteiger partial charge in [-0.15, -0.1) is 0 Å². The van der Waals surface area contributed by atoms with Crippen LogP contribution in [0.3, 0.4) is 0 Å². The molecule has 1 N–H and O–H groups in total. The van der Waals surface area contributed by atoms with Crippen LogP contribution in [0.25, 0.3) is 0 Å². The smallest absolute Gasteiger partial charge is 0.343 e. The Bertz CT molecular complexity index is 480. The number of rotatable bonds is 1. The van der Waals surface area contributed by atoms with E-state index in [2.05, 4.69) is 4.98 Å². The number of nitrogens with zero attached hydrogens (tertiary/aromatic N) is 1. The second kappa shape index (κ2) is 3.48. The average Bonchev–Trinajstić information content (AvgIpc) is 2.49. The van der Waals surface area contributed by atoms with Gasteiger partial charge in [-0.25, -0.2) is 4.79 Å². The summed E-state index contributed by atoms with van der Waals surface area (Å²) in [7, 11) is 0. The van der Waals surface area contributed by atoms with Gasteiger partial charge in [0.2, 0.25) is 0 Å². The Morgan fingerprint density at radius 3 is 2.94 bits per heavy atom. The maximum atomic E-state index is 11.4.